The minimum Gasteiger partial charge on any atom is -0.407 e. The highest BCUT2D eigenvalue weighted by atomic mass is 16.4. The first-order valence-electron chi connectivity index (χ1n) is 15.6. The van der Waals surface area contributed by atoms with Crippen molar-refractivity contribution in [1.29, 1.82) is 0 Å². The predicted molar refractivity (Wildman–Crippen MR) is 179 cm³/mol. The third-order valence-corrected chi connectivity index (χ3v) is 9.14. The van der Waals surface area contributed by atoms with Crippen LogP contribution in [0.3, 0.4) is 0 Å². The van der Waals surface area contributed by atoms with Crippen LogP contribution in [0.1, 0.15) is 48.6 Å². The molecule has 0 radical (unpaired) electrons. The Labute approximate surface area is 259 Å². The second-order valence-corrected chi connectivity index (χ2v) is 12.5. The highest BCUT2D eigenvalue weighted by molar-refractivity contribution is 5.95. The predicted octanol–water partition coefficient (Wildman–Crippen LogP) is 8.50. The molecule has 0 N–H and O–H groups in total. The maximum Gasteiger partial charge on any atom is 0.421 e. The molecule has 1 aliphatic heterocycles. The third-order valence-electron chi connectivity index (χ3n) is 9.14. The average Bonchev–Trinajstić information content (AvgIpc) is 3.40. The van der Waals surface area contributed by atoms with Gasteiger partial charge in [0.1, 0.15) is 5.54 Å². The Morgan fingerprint density at radius 2 is 1.27 bits per heavy atom. The molecule has 0 saturated carbocycles. The summed E-state index contributed by atoms with van der Waals surface area (Å²) in [6, 6.07) is 44.2. The van der Waals surface area contributed by atoms with Crippen LogP contribution in [0.2, 0.25) is 0 Å². The quantitative estimate of drug-likeness (QED) is 0.178. The number of nitrogens with zero attached hydrogens (tertiary/aromatic N) is 2. The molecule has 4 heteroatoms. The van der Waals surface area contributed by atoms with Gasteiger partial charge in [-0.2, -0.15) is 0 Å². The van der Waals surface area contributed by atoms with Crippen LogP contribution in [0.15, 0.2) is 137 Å². The minimum absolute atomic E-state index is 0.339. The number of hydrogen-bond acceptors (Lipinski definition) is 3. The van der Waals surface area contributed by atoms with E-state index in [2.05, 4.69) is 92.4 Å². The molecule has 0 spiro atoms. The van der Waals surface area contributed by atoms with Crippen molar-refractivity contribution < 1.29 is 4.42 Å². The number of fused-ring (bicyclic) bond motifs is 3. The summed E-state index contributed by atoms with van der Waals surface area (Å²) in [5, 5.41) is 0. The molecule has 220 valence electrons. The summed E-state index contributed by atoms with van der Waals surface area (Å²) < 4.78 is 8.42. The van der Waals surface area contributed by atoms with Gasteiger partial charge in [0, 0.05) is 30.3 Å². The third kappa shape index (κ3) is 4.61. The molecular formula is C40H38N2O2. The lowest BCUT2D eigenvalue weighted by molar-refractivity contribution is 0.164. The van der Waals surface area contributed by atoms with E-state index in [9.17, 15) is 4.79 Å². The van der Waals surface area contributed by atoms with Crippen molar-refractivity contribution in [3.05, 3.63) is 166 Å². The van der Waals surface area contributed by atoms with Crippen molar-refractivity contribution in [2.45, 2.75) is 45.3 Å². The van der Waals surface area contributed by atoms with Gasteiger partial charge < -0.3 is 4.42 Å². The van der Waals surface area contributed by atoms with Crippen LogP contribution in [0.4, 0.5) is 0 Å². The van der Waals surface area contributed by atoms with E-state index in [1.54, 1.807) is 0 Å². The van der Waals surface area contributed by atoms with Crippen LogP contribution in [-0.4, -0.2) is 22.1 Å². The van der Waals surface area contributed by atoms with Gasteiger partial charge in [-0.3, -0.25) is 9.47 Å². The van der Waals surface area contributed by atoms with Crippen molar-refractivity contribution in [1.82, 2.24) is 9.47 Å². The van der Waals surface area contributed by atoms with Crippen molar-refractivity contribution in [3.8, 4) is 11.1 Å². The summed E-state index contributed by atoms with van der Waals surface area (Å²) >= 11 is 0. The zero-order valence-electron chi connectivity index (χ0n) is 25.6. The van der Waals surface area contributed by atoms with Gasteiger partial charge in [-0.25, -0.2) is 4.79 Å². The Hall–Kier alpha value is -4.67. The van der Waals surface area contributed by atoms with E-state index in [1.165, 1.54) is 5.56 Å². The Kier molecular flexibility index (Phi) is 7.31. The molecule has 5 aromatic carbocycles. The summed E-state index contributed by atoms with van der Waals surface area (Å²) in [7, 11) is 0. The molecule has 6 aromatic rings. The molecule has 2 heterocycles. The lowest BCUT2D eigenvalue weighted by Crippen LogP contribution is -2.43. The Morgan fingerprint density at radius 3 is 1.77 bits per heavy atom. The number of benzene rings is 5. The first-order chi connectivity index (χ1) is 21.5. The van der Waals surface area contributed by atoms with E-state index in [0.717, 1.165) is 58.4 Å². The normalized spacial score (nSPS) is 15.5. The molecule has 1 aliphatic rings. The lowest BCUT2D eigenvalue weighted by atomic mass is 9.76. The van der Waals surface area contributed by atoms with Crippen molar-refractivity contribution in [2.75, 3.05) is 6.54 Å². The van der Waals surface area contributed by atoms with Crippen LogP contribution in [0, 0.1) is 5.92 Å². The van der Waals surface area contributed by atoms with Gasteiger partial charge in [-0.15, -0.1) is 0 Å². The smallest absolute Gasteiger partial charge is 0.407 e. The zero-order chi connectivity index (χ0) is 30.3. The van der Waals surface area contributed by atoms with Crippen LogP contribution in [0.25, 0.3) is 22.2 Å². The summed E-state index contributed by atoms with van der Waals surface area (Å²) in [5.41, 5.74) is 8.00. The van der Waals surface area contributed by atoms with Gasteiger partial charge in [-0.1, -0.05) is 135 Å². The summed E-state index contributed by atoms with van der Waals surface area (Å²) in [5.74, 6) is 0.206. The molecule has 0 bridgehead atoms. The first-order valence-corrected chi connectivity index (χ1v) is 15.6. The fourth-order valence-electron chi connectivity index (χ4n) is 7.24. The number of aromatic nitrogens is 1. The molecule has 7 rings (SSSR count). The summed E-state index contributed by atoms with van der Waals surface area (Å²) in [4.78, 5) is 17.2. The van der Waals surface area contributed by atoms with Crippen LogP contribution in [-0.2, 0) is 18.5 Å². The lowest BCUT2D eigenvalue weighted by Gasteiger charge is -2.38. The molecule has 1 aromatic heterocycles. The van der Waals surface area contributed by atoms with Gasteiger partial charge >= 0.3 is 5.76 Å². The second kappa shape index (κ2) is 11.4. The Balaban J connectivity index is 1.64. The fourth-order valence-corrected chi connectivity index (χ4v) is 7.24. The van der Waals surface area contributed by atoms with Crippen molar-refractivity contribution >= 4 is 11.1 Å². The monoisotopic (exact) mass is 578 g/mol. The van der Waals surface area contributed by atoms with E-state index < -0.39 is 5.54 Å². The molecule has 44 heavy (non-hydrogen) atoms. The largest absolute Gasteiger partial charge is 0.421 e. The molecule has 1 unspecified atom stereocenters. The van der Waals surface area contributed by atoms with Crippen molar-refractivity contribution in [2.24, 2.45) is 5.92 Å². The van der Waals surface area contributed by atoms with Gasteiger partial charge in [0.25, 0.3) is 0 Å². The maximum absolute atomic E-state index is 14.7. The number of hydrogen-bond donors (Lipinski definition) is 0. The van der Waals surface area contributed by atoms with E-state index in [1.807, 2.05) is 65.2 Å². The summed E-state index contributed by atoms with van der Waals surface area (Å²) in [6.45, 7) is 8.70. The second-order valence-electron chi connectivity index (χ2n) is 12.5. The zero-order valence-corrected chi connectivity index (χ0v) is 25.6. The molecule has 0 amide bonds. The molecule has 0 fully saturated rings. The van der Waals surface area contributed by atoms with E-state index in [0.29, 0.717) is 17.5 Å². The highest BCUT2D eigenvalue weighted by Crippen LogP contribution is 2.45. The first kappa shape index (κ1) is 28.1. The van der Waals surface area contributed by atoms with Crippen LogP contribution >= 0.6 is 0 Å². The van der Waals surface area contributed by atoms with E-state index in [-0.39, 0.29) is 5.76 Å². The van der Waals surface area contributed by atoms with Crippen LogP contribution < -0.4 is 5.76 Å². The van der Waals surface area contributed by atoms with Gasteiger partial charge in [-0.05, 0) is 53.1 Å². The Bertz CT molecular complexity index is 1840. The summed E-state index contributed by atoms with van der Waals surface area (Å²) in [6.07, 6.45) is 0.829. The minimum atomic E-state index is -0.978. The topological polar surface area (TPSA) is 38.4 Å². The number of rotatable bonds is 7. The maximum atomic E-state index is 14.7. The molecule has 0 saturated heterocycles. The van der Waals surface area contributed by atoms with E-state index in [4.69, 9.17) is 4.42 Å². The van der Waals surface area contributed by atoms with Crippen molar-refractivity contribution in [3.63, 3.8) is 0 Å². The fraction of sp³-hybridized carbons (Fsp3) is 0.225. The van der Waals surface area contributed by atoms with Crippen LogP contribution in [0.5, 0.6) is 0 Å². The molecule has 1 atom stereocenters. The molecule has 4 nitrogen and oxygen atoms in total. The standard InChI is InChI=1S/C40H38N2O2/c1-28(2)26-41-27-31-25-35(30-16-8-4-9-17-30)37-38(36(31)24-29(41)3)44-39(43)42(37)40(32-18-10-5-11-19-32,33-20-12-6-13-21-33)34-22-14-7-15-23-34/h4-23,25,28-29H,24,26-27H2,1-3H3. The molecular weight excluding hydrogens is 540 g/mol. The molecule has 0 aliphatic carbocycles. The number of oxazole rings is 1. The average molecular weight is 579 g/mol. The van der Waals surface area contributed by atoms with Gasteiger partial charge in [0.05, 0.1) is 5.52 Å². The SMILES string of the molecule is CC(C)CN1Cc2cc(-c3ccccc3)c3c(oc(=O)n3C(c3ccccc3)(c3ccccc3)c3ccccc3)c2CC1C. The van der Waals surface area contributed by atoms with Gasteiger partial charge in [0.15, 0.2) is 5.58 Å². The van der Waals surface area contributed by atoms with E-state index >= 15 is 0 Å². The van der Waals surface area contributed by atoms with Gasteiger partial charge in [0.2, 0.25) is 0 Å². The highest BCUT2D eigenvalue weighted by Gasteiger charge is 2.43. The Morgan fingerprint density at radius 1 is 0.773 bits per heavy atom.